The standard InChI is InChI=1S/C13H26N2O/c1-11-9-13(10-14(11)2)15-7-4-3-5-12(15)6-8-16/h11-13,16H,3-10H2,1-2H3. The van der Waals surface area contributed by atoms with Crippen LogP contribution in [0, 0.1) is 0 Å². The largest absolute Gasteiger partial charge is 0.396 e. The molecule has 1 N–H and O–H groups in total. The van der Waals surface area contributed by atoms with Crippen molar-refractivity contribution in [3.8, 4) is 0 Å². The fourth-order valence-corrected chi connectivity index (χ4v) is 3.36. The Balaban J connectivity index is 1.95. The van der Waals surface area contributed by atoms with E-state index in [0.29, 0.717) is 12.6 Å². The van der Waals surface area contributed by atoms with Gasteiger partial charge in [0.1, 0.15) is 0 Å². The fraction of sp³-hybridized carbons (Fsp3) is 1.00. The van der Waals surface area contributed by atoms with Gasteiger partial charge in [0, 0.05) is 31.3 Å². The van der Waals surface area contributed by atoms with E-state index in [2.05, 4.69) is 23.8 Å². The van der Waals surface area contributed by atoms with Crippen LogP contribution in [0.2, 0.25) is 0 Å². The number of piperidine rings is 1. The molecule has 0 aromatic rings. The monoisotopic (exact) mass is 226 g/mol. The van der Waals surface area contributed by atoms with Crippen LogP contribution in [0.4, 0.5) is 0 Å². The molecule has 0 radical (unpaired) electrons. The molecular formula is C13H26N2O. The van der Waals surface area contributed by atoms with Gasteiger partial charge in [-0.05, 0) is 46.2 Å². The van der Waals surface area contributed by atoms with Crippen molar-refractivity contribution < 1.29 is 5.11 Å². The van der Waals surface area contributed by atoms with Crippen molar-refractivity contribution in [2.45, 2.75) is 57.2 Å². The number of nitrogens with zero attached hydrogens (tertiary/aromatic N) is 2. The third-order valence-corrected chi connectivity index (χ3v) is 4.47. The summed E-state index contributed by atoms with van der Waals surface area (Å²) in [5.74, 6) is 0. The minimum absolute atomic E-state index is 0.347. The summed E-state index contributed by atoms with van der Waals surface area (Å²) in [6, 6.07) is 2.10. The summed E-state index contributed by atoms with van der Waals surface area (Å²) in [5.41, 5.74) is 0. The van der Waals surface area contributed by atoms with Crippen LogP contribution < -0.4 is 0 Å². The molecule has 2 saturated heterocycles. The lowest BCUT2D eigenvalue weighted by molar-refractivity contribution is 0.0792. The minimum atomic E-state index is 0.347. The SMILES string of the molecule is CC1CC(N2CCCCC2CCO)CN1C. The molecule has 0 saturated carbocycles. The summed E-state index contributed by atoms with van der Waals surface area (Å²) in [5, 5.41) is 9.15. The highest BCUT2D eigenvalue weighted by Crippen LogP contribution is 2.28. The molecule has 3 atom stereocenters. The summed E-state index contributed by atoms with van der Waals surface area (Å²) in [4.78, 5) is 5.15. The molecule has 0 bridgehead atoms. The summed E-state index contributed by atoms with van der Waals surface area (Å²) in [7, 11) is 2.23. The van der Waals surface area contributed by atoms with Gasteiger partial charge in [-0.15, -0.1) is 0 Å². The van der Waals surface area contributed by atoms with Crippen molar-refractivity contribution in [2.24, 2.45) is 0 Å². The Morgan fingerprint density at radius 2 is 2.12 bits per heavy atom. The number of likely N-dealkylation sites (N-methyl/N-ethyl adjacent to an activating group) is 1. The van der Waals surface area contributed by atoms with E-state index in [-0.39, 0.29) is 0 Å². The van der Waals surface area contributed by atoms with Gasteiger partial charge in [0.25, 0.3) is 0 Å². The number of hydrogen-bond donors (Lipinski definition) is 1. The Kier molecular flexibility index (Phi) is 4.22. The minimum Gasteiger partial charge on any atom is -0.396 e. The highest BCUT2D eigenvalue weighted by Gasteiger charge is 2.34. The van der Waals surface area contributed by atoms with Crippen molar-refractivity contribution in [1.29, 1.82) is 0 Å². The first kappa shape index (κ1) is 12.3. The van der Waals surface area contributed by atoms with Crippen molar-refractivity contribution in [1.82, 2.24) is 9.80 Å². The van der Waals surface area contributed by atoms with Crippen LogP contribution in [-0.4, -0.2) is 59.8 Å². The van der Waals surface area contributed by atoms with Crippen LogP contribution in [0.15, 0.2) is 0 Å². The van der Waals surface area contributed by atoms with Gasteiger partial charge in [-0.1, -0.05) is 6.42 Å². The zero-order valence-corrected chi connectivity index (χ0v) is 10.7. The van der Waals surface area contributed by atoms with Gasteiger partial charge in [-0.2, -0.15) is 0 Å². The van der Waals surface area contributed by atoms with Crippen molar-refractivity contribution in [2.75, 3.05) is 26.7 Å². The number of aliphatic hydroxyl groups is 1. The number of likely N-dealkylation sites (tertiary alicyclic amines) is 2. The molecular weight excluding hydrogens is 200 g/mol. The van der Waals surface area contributed by atoms with Gasteiger partial charge < -0.3 is 10.0 Å². The zero-order valence-electron chi connectivity index (χ0n) is 10.7. The summed E-state index contributed by atoms with van der Waals surface area (Å²) < 4.78 is 0. The summed E-state index contributed by atoms with van der Waals surface area (Å²) >= 11 is 0. The first-order valence-electron chi connectivity index (χ1n) is 6.79. The van der Waals surface area contributed by atoms with Gasteiger partial charge >= 0.3 is 0 Å². The fourth-order valence-electron chi connectivity index (χ4n) is 3.36. The first-order chi connectivity index (χ1) is 7.72. The smallest absolute Gasteiger partial charge is 0.0445 e. The molecule has 2 heterocycles. The molecule has 3 nitrogen and oxygen atoms in total. The lowest BCUT2D eigenvalue weighted by atomic mass is 9.96. The highest BCUT2D eigenvalue weighted by atomic mass is 16.3. The van der Waals surface area contributed by atoms with E-state index in [1.165, 1.54) is 38.8 Å². The molecule has 0 aromatic heterocycles. The van der Waals surface area contributed by atoms with Crippen molar-refractivity contribution in [3.63, 3.8) is 0 Å². The van der Waals surface area contributed by atoms with E-state index in [9.17, 15) is 0 Å². The Morgan fingerprint density at radius 1 is 1.31 bits per heavy atom. The van der Waals surface area contributed by atoms with Gasteiger partial charge in [0.2, 0.25) is 0 Å². The van der Waals surface area contributed by atoms with E-state index < -0.39 is 0 Å². The topological polar surface area (TPSA) is 26.7 Å². The Hall–Kier alpha value is -0.120. The highest BCUT2D eigenvalue weighted by molar-refractivity contribution is 4.91. The molecule has 0 spiro atoms. The Labute approximate surface area is 99.4 Å². The lowest BCUT2D eigenvalue weighted by Crippen LogP contribution is -2.47. The Morgan fingerprint density at radius 3 is 2.75 bits per heavy atom. The second-order valence-electron chi connectivity index (χ2n) is 5.58. The maximum absolute atomic E-state index is 9.15. The molecule has 2 aliphatic heterocycles. The first-order valence-corrected chi connectivity index (χ1v) is 6.79. The van der Waals surface area contributed by atoms with Gasteiger partial charge in [0.05, 0.1) is 0 Å². The second-order valence-corrected chi connectivity index (χ2v) is 5.58. The number of hydrogen-bond acceptors (Lipinski definition) is 3. The van der Waals surface area contributed by atoms with E-state index in [1.807, 2.05) is 0 Å². The molecule has 2 rings (SSSR count). The van der Waals surface area contributed by atoms with Crippen molar-refractivity contribution >= 4 is 0 Å². The second kappa shape index (κ2) is 5.48. The molecule has 3 heteroatoms. The van der Waals surface area contributed by atoms with Gasteiger partial charge in [0.15, 0.2) is 0 Å². The van der Waals surface area contributed by atoms with Crippen LogP contribution in [-0.2, 0) is 0 Å². The number of aliphatic hydroxyl groups excluding tert-OH is 1. The van der Waals surface area contributed by atoms with E-state index >= 15 is 0 Å². The van der Waals surface area contributed by atoms with Gasteiger partial charge in [-0.25, -0.2) is 0 Å². The third-order valence-electron chi connectivity index (χ3n) is 4.47. The van der Waals surface area contributed by atoms with Crippen LogP contribution in [0.25, 0.3) is 0 Å². The number of rotatable bonds is 3. The molecule has 94 valence electrons. The summed E-state index contributed by atoms with van der Waals surface area (Å²) in [6.45, 7) is 5.13. The predicted molar refractivity (Wildman–Crippen MR) is 66.5 cm³/mol. The van der Waals surface area contributed by atoms with Crippen LogP contribution >= 0.6 is 0 Å². The quantitative estimate of drug-likeness (QED) is 0.786. The summed E-state index contributed by atoms with van der Waals surface area (Å²) in [6.07, 6.45) is 6.25. The van der Waals surface area contributed by atoms with Crippen LogP contribution in [0.1, 0.15) is 39.0 Å². The average Bonchev–Trinajstić information content (AvgIpc) is 2.60. The van der Waals surface area contributed by atoms with E-state index in [0.717, 1.165) is 18.5 Å². The molecule has 2 aliphatic rings. The third kappa shape index (κ3) is 2.58. The maximum Gasteiger partial charge on any atom is 0.0445 e. The molecule has 0 aromatic carbocycles. The normalized spacial score (nSPS) is 38.1. The van der Waals surface area contributed by atoms with Gasteiger partial charge in [-0.3, -0.25) is 4.90 Å². The van der Waals surface area contributed by atoms with Crippen LogP contribution in [0.5, 0.6) is 0 Å². The van der Waals surface area contributed by atoms with E-state index in [1.54, 1.807) is 0 Å². The zero-order chi connectivity index (χ0) is 11.5. The molecule has 16 heavy (non-hydrogen) atoms. The lowest BCUT2D eigenvalue weighted by Gasteiger charge is -2.39. The molecule has 0 aliphatic carbocycles. The van der Waals surface area contributed by atoms with E-state index in [4.69, 9.17) is 5.11 Å². The maximum atomic E-state index is 9.15. The van der Waals surface area contributed by atoms with Crippen molar-refractivity contribution in [3.05, 3.63) is 0 Å². The molecule has 3 unspecified atom stereocenters. The Bertz CT molecular complexity index is 210. The van der Waals surface area contributed by atoms with Crippen LogP contribution in [0.3, 0.4) is 0 Å². The predicted octanol–water partition coefficient (Wildman–Crippen LogP) is 1.32. The molecule has 0 amide bonds. The molecule has 2 fully saturated rings. The average molecular weight is 226 g/mol.